The molecule has 1 atom stereocenters. The van der Waals surface area contributed by atoms with E-state index in [1.807, 2.05) is 6.92 Å². The summed E-state index contributed by atoms with van der Waals surface area (Å²) in [5.41, 5.74) is 0. The van der Waals surface area contributed by atoms with Crippen LogP contribution in [0.5, 0.6) is 0 Å². The molecule has 0 saturated heterocycles. The summed E-state index contributed by atoms with van der Waals surface area (Å²) in [5, 5.41) is 0. The third-order valence-corrected chi connectivity index (χ3v) is 0.969. The van der Waals surface area contributed by atoms with Gasteiger partial charge in [0, 0.05) is 11.1 Å². The molecule has 0 fully saturated rings. The highest BCUT2D eigenvalue weighted by Crippen LogP contribution is 2.04. The van der Waals surface area contributed by atoms with Crippen molar-refractivity contribution in [2.75, 3.05) is 6.61 Å². The van der Waals surface area contributed by atoms with Crippen molar-refractivity contribution in [1.29, 1.82) is 0 Å². The molecule has 0 radical (unpaired) electrons. The highest BCUT2D eigenvalue weighted by Gasteiger charge is 2.06. The second-order valence-electron chi connectivity index (χ2n) is 1.64. The molecule has 0 aliphatic rings. The fourth-order valence-electron chi connectivity index (χ4n) is 0.406. The summed E-state index contributed by atoms with van der Waals surface area (Å²) in [6, 6.07) is 0. The zero-order valence-electron chi connectivity index (χ0n) is 5.69. The smallest absolute Gasteiger partial charge is 0.170 e. The van der Waals surface area contributed by atoms with Gasteiger partial charge < -0.3 is 4.74 Å². The van der Waals surface area contributed by atoms with Crippen molar-refractivity contribution < 1.29 is 14.2 Å². The zero-order chi connectivity index (χ0) is 7.28. The Labute approximate surface area is 54.2 Å². The Balaban J connectivity index is 3.45. The summed E-state index contributed by atoms with van der Waals surface area (Å²) in [6.07, 6.45) is -0.361. The number of hydrogen-bond acceptors (Lipinski definition) is 2. The minimum atomic E-state index is -0.361. The largest absolute Gasteiger partial charge is 0.371 e. The Morgan fingerprint density at radius 1 is 1.78 bits per heavy atom. The van der Waals surface area contributed by atoms with E-state index in [4.69, 9.17) is 4.74 Å². The van der Waals surface area contributed by atoms with Crippen molar-refractivity contribution in [2.24, 2.45) is 0 Å². The Bertz CT molecular complexity index is 93.1. The summed E-state index contributed by atoms with van der Waals surface area (Å²) in [4.78, 5) is 3.35. The average molecular weight is 134 g/mol. The second-order valence-corrected chi connectivity index (χ2v) is 1.64. The highest BCUT2D eigenvalue weighted by molar-refractivity contribution is 4.88. The van der Waals surface area contributed by atoms with E-state index < -0.39 is 0 Å². The first-order chi connectivity index (χ1) is 4.22. The molecule has 9 heavy (non-hydrogen) atoms. The van der Waals surface area contributed by atoms with E-state index in [-0.39, 0.29) is 11.9 Å². The van der Waals surface area contributed by atoms with Gasteiger partial charge >= 0.3 is 0 Å². The van der Waals surface area contributed by atoms with Crippen molar-refractivity contribution in [3.63, 3.8) is 0 Å². The Hall–Kier alpha value is -0.570. The van der Waals surface area contributed by atoms with E-state index in [1.165, 1.54) is 0 Å². The van der Waals surface area contributed by atoms with Crippen LogP contribution < -0.4 is 0 Å². The molecule has 3 heteroatoms. The van der Waals surface area contributed by atoms with Gasteiger partial charge in [0.25, 0.3) is 0 Å². The standard InChI is InChI=1S/C6H11FO2/c1-4-8-5(2)6(3)9-7/h5H,3-4H2,1-2H3. The first-order valence-electron chi connectivity index (χ1n) is 2.81. The molecule has 0 saturated carbocycles. The molecule has 0 heterocycles. The molecule has 2 nitrogen and oxygen atoms in total. The van der Waals surface area contributed by atoms with Gasteiger partial charge in [0.15, 0.2) is 5.76 Å². The molecule has 0 amide bonds. The lowest BCUT2D eigenvalue weighted by Gasteiger charge is -2.08. The predicted octanol–water partition coefficient (Wildman–Crippen LogP) is 1.83. The predicted molar refractivity (Wildman–Crippen MR) is 32.4 cm³/mol. The third-order valence-electron chi connectivity index (χ3n) is 0.969. The highest BCUT2D eigenvalue weighted by atomic mass is 19.3. The molecule has 54 valence electrons. The summed E-state index contributed by atoms with van der Waals surface area (Å²) in [7, 11) is 0. The van der Waals surface area contributed by atoms with E-state index in [1.54, 1.807) is 6.92 Å². The van der Waals surface area contributed by atoms with E-state index in [9.17, 15) is 4.53 Å². The van der Waals surface area contributed by atoms with Crippen LogP contribution in [0.15, 0.2) is 12.3 Å². The molecule has 0 aromatic heterocycles. The van der Waals surface area contributed by atoms with Crippen LogP contribution in [0.2, 0.25) is 0 Å². The topological polar surface area (TPSA) is 18.5 Å². The Morgan fingerprint density at radius 2 is 2.33 bits per heavy atom. The van der Waals surface area contributed by atoms with Crippen molar-refractivity contribution in [3.05, 3.63) is 12.3 Å². The Kier molecular flexibility index (Phi) is 4.05. The van der Waals surface area contributed by atoms with Gasteiger partial charge in [-0.15, -0.1) is 0 Å². The molecular weight excluding hydrogens is 123 g/mol. The van der Waals surface area contributed by atoms with Crippen LogP contribution >= 0.6 is 0 Å². The number of ether oxygens (including phenoxy) is 1. The fraction of sp³-hybridized carbons (Fsp3) is 0.667. The number of hydrogen-bond donors (Lipinski definition) is 0. The number of rotatable bonds is 4. The van der Waals surface area contributed by atoms with Crippen molar-refractivity contribution >= 4 is 0 Å². The monoisotopic (exact) mass is 134 g/mol. The van der Waals surface area contributed by atoms with Crippen LogP contribution in [0.4, 0.5) is 4.53 Å². The lowest BCUT2D eigenvalue weighted by atomic mass is 10.4. The van der Waals surface area contributed by atoms with Crippen LogP contribution in [0.3, 0.4) is 0 Å². The minimum Gasteiger partial charge on any atom is -0.371 e. The molecule has 0 aliphatic carbocycles. The van der Waals surface area contributed by atoms with Crippen molar-refractivity contribution in [3.8, 4) is 0 Å². The lowest BCUT2D eigenvalue weighted by Crippen LogP contribution is -2.10. The van der Waals surface area contributed by atoms with Crippen LogP contribution in [-0.2, 0) is 9.68 Å². The lowest BCUT2D eigenvalue weighted by molar-refractivity contribution is -0.111. The first-order valence-corrected chi connectivity index (χ1v) is 2.81. The zero-order valence-corrected chi connectivity index (χ0v) is 5.69. The summed E-state index contributed by atoms with van der Waals surface area (Å²) in [6.45, 7) is 7.29. The van der Waals surface area contributed by atoms with Gasteiger partial charge in [0.2, 0.25) is 0 Å². The number of halogens is 1. The molecule has 0 aromatic rings. The van der Waals surface area contributed by atoms with Crippen LogP contribution in [0.1, 0.15) is 13.8 Å². The van der Waals surface area contributed by atoms with E-state index >= 15 is 0 Å². The normalized spacial score (nSPS) is 12.8. The van der Waals surface area contributed by atoms with E-state index in [2.05, 4.69) is 11.5 Å². The van der Waals surface area contributed by atoms with E-state index in [0.717, 1.165) is 0 Å². The fourth-order valence-corrected chi connectivity index (χ4v) is 0.406. The molecule has 1 unspecified atom stereocenters. The minimum absolute atomic E-state index is 0.0110. The van der Waals surface area contributed by atoms with Crippen molar-refractivity contribution in [2.45, 2.75) is 20.0 Å². The molecule has 0 rings (SSSR count). The maximum absolute atomic E-state index is 11.3. The Morgan fingerprint density at radius 3 is 2.67 bits per heavy atom. The summed E-state index contributed by atoms with van der Waals surface area (Å²) in [5.74, 6) is 0.0110. The van der Waals surface area contributed by atoms with Gasteiger partial charge in [-0.3, -0.25) is 4.94 Å². The van der Waals surface area contributed by atoms with Crippen molar-refractivity contribution in [1.82, 2.24) is 0 Å². The molecule has 0 N–H and O–H groups in total. The maximum Gasteiger partial charge on any atom is 0.170 e. The summed E-state index contributed by atoms with van der Waals surface area (Å²) < 4.78 is 16.2. The van der Waals surface area contributed by atoms with Crippen LogP contribution in [0.25, 0.3) is 0 Å². The quantitative estimate of drug-likeness (QED) is 0.546. The van der Waals surface area contributed by atoms with Gasteiger partial charge in [-0.2, -0.15) is 0 Å². The van der Waals surface area contributed by atoms with Crippen LogP contribution in [0, 0.1) is 0 Å². The van der Waals surface area contributed by atoms with Gasteiger partial charge in [-0.25, -0.2) is 0 Å². The molecule has 0 aromatic carbocycles. The third kappa shape index (κ3) is 3.08. The maximum atomic E-state index is 11.3. The van der Waals surface area contributed by atoms with Gasteiger partial charge in [0.05, 0.1) is 0 Å². The average Bonchev–Trinajstić information content (AvgIpc) is 1.87. The first kappa shape index (κ1) is 8.43. The van der Waals surface area contributed by atoms with Crippen LogP contribution in [-0.4, -0.2) is 12.7 Å². The molecule has 0 spiro atoms. The SMILES string of the molecule is C=C(OF)C(C)OCC. The van der Waals surface area contributed by atoms with E-state index in [0.29, 0.717) is 6.61 Å². The molecular formula is C6H11FO2. The second kappa shape index (κ2) is 4.32. The van der Waals surface area contributed by atoms with Gasteiger partial charge in [0.1, 0.15) is 6.10 Å². The van der Waals surface area contributed by atoms with Gasteiger partial charge in [-0.1, -0.05) is 6.58 Å². The summed E-state index contributed by atoms with van der Waals surface area (Å²) >= 11 is 0. The molecule has 0 bridgehead atoms. The molecule has 0 aliphatic heterocycles. The van der Waals surface area contributed by atoms with Gasteiger partial charge in [-0.05, 0) is 13.8 Å².